The monoisotopic (exact) mass is 409 g/mol. The fourth-order valence-electron chi connectivity index (χ4n) is 3.75. The summed E-state index contributed by atoms with van der Waals surface area (Å²) < 4.78 is 21.9. The van der Waals surface area contributed by atoms with Crippen molar-refractivity contribution in [1.29, 1.82) is 0 Å². The maximum atomic E-state index is 5.73. The molecule has 1 aromatic heterocycles. The van der Waals surface area contributed by atoms with E-state index in [1.807, 2.05) is 43.3 Å². The van der Waals surface area contributed by atoms with Gasteiger partial charge < -0.3 is 18.7 Å². The molecule has 2 heterocycles. The first kappa shape index (κ1) is 20.2. The van der Waals surface area contributed by atoms with Gasteiger partial charge in [-0.15, -0.1) is 0 Å². The maximum absolute atomic E-state index is 5.73. The Labute approximate surface area is 176 Å². The van der Waals surface area contributed by atoms with E-state index in [1.54, 1.807) is 7.11 Å². The van der Waals surface area contributed by atoms with Gasteiger partial charge in [-0.2, -0.15) is 4.98 Å². The fourth-order valence-corrected chi connectivity index (χ4v) is 3.75. The van der Waals surface area contributed by atoms with Gasteiger partial charge in [0.1, 0.15) is 17.2 Å². The zero-order valence-electron chi connectivity index (χ0n) is 17.4. The van der Waals surface area contributed by atoms with Gasteiger partial charge >= 0.3 is 0 Å². The van der Waals surface area contributed by atoms with E-state index < -0.39 is 0 Å². The molecule has 158 valence electrons. The molecule has 1 saturated heterocycles. The molecule has 0 radical (unpaired) electrons. The largest absolute Gasteiger partial charge is 0.497 e. The van der Waals surface area contributed by atoms with Crippen LogP contribution in [-0.2, 0) is 13.2 Å². The van der Waals surface area contributed by atoms with Crippen LogP contribution in [0.1, 0.15) is 43.1 Å². The standard InChI is InChI=1S/C23H27N3O4/c1-3-28-19-8-6-17(7-9-19)21-5-4-14-26(21)15-23-24-22(25-30-23)16-29-20-12-10-18(27-2)11-13-20/h6-13,21H,3-5,14-16H2,1-2H3. The molecular formula is C23H27N3O4. The minimum Gasteiger partial charge on any atom is -0.497 e. The van der Waals surface area contributed by atoms with Crippen molar-refractivity contribution in [3.63, 3.8) is 0 Å². The van der Waals surface area contributed by atoms with E-state index in [0.717, 1.165) is 36.6 Å². The molecular weight excluding hydrogens is 382 g/mol. The first-order valence-electron chi connectivity index (χ1n) is 10.3. The molecule has 1 aliphatic heterocycles. The van der Waals surface area contributed by atoms with Crippen molar-refractivity contribution in [2.75, 3.05) is 20.3 Å². The molecule has 4 rings (SSSR count). The molecule has 0 aliphatic carbocycles. The molecule has 1 unspecified atom stereocenters. The normalized spacial score (nSPS) is 16.5. The molecule has 1 fully saturated rings. The van der Waals surface area contributed by atoms with Crippen molar-refractivity contribution >= 4 is 0 Å². The van der Waals surface area contributed by atoms with Crippen molar-refractivity contribution in [1.82, 2.24) is 15.0 Å². The lowest BCUT2D eigenvalue weighted by molar-refractivity contribution is 0.211. The van der Waals surface area contributed by atoms with E-state index in [2.05, 4.69) is 27.2 Å². The Kier molecular flexibility index (Phi) is 6.49. The highest BCUT2D eigenvalue weighted by molar-refractivity contribution is 5.31. The first-order chi connectivity index (χ1) is 14.7. The third-order valence-corrected chi connectivity index (χ3v) is 5.22. The van der Waals surface area contributed by atoms with Gasteiger partial charge in [0, 0.05) is 6.04 Å². The molecule has 7 nitrogen and oxygen atoms in total. The van der Waals surface area contributed by atoms with Crippen LogP contribution < -0.4 is 14.2 Å². The zero-order valence-corrected chi connectivity index (χ0v) is 17.4. The second-order valence-electron chi connectivity index (χ2n) is 7.20. The van der Waals surface area contributed by atoms with E-state index in [0.29, 0.717) is 30.9 Å². The number of ether oxygens (including phenoxy) is 3. The Morgan fingerprint density at radius 1 is 1.00 bits per heavy atom. The Bertz CT molecular complexity index is 924. The molecule has 1 aliphatic rings. The van der Waals surface area contributed by atoms with Gasteiger partial charge in [-0.3, -0.25) is 4.90 Å². The lowest BCUT2D eigenvalue weighted by Crippen LogP contribution is -2.23. The van der Waals surface area contributed by atoms with Crippen LogP contribution in [0.5, 0.6) is 17.2 Å². The summed E-state index contributed by atoms with van der Waals surface area (Å²) in [6, 6.07) is 16.1. The number of hydrogen-bond donors (Lipinski definition) is 0. The molecule has 3 aromatic rings. The third-order valence-electron chi connectivity index (χ3n) is 5.22. The van der Waals surface area contributed by atoms with Crippen LogP contribution in [0, 0.1) is 0 Å². The van der Waals surface area contributed by atoms with Crippen LogP contribution in [0.15, 0.2) is 53.1 Å². The van der Waals surface area contributed by atoms with Crippen molar-refractivity contribution in [3.8, 4) is 17.2 Å². The fraction of sp³-hybridized carbons (Fsp3) is 0.391. The molecule has 0 saturated carbocycles. The average Bonchev–Trinajstić information content (AvgIpc) is 3.43. The Morgan fingerprint density at radius 2 is 1.70 bits per heavy atom. The summed E-state index contributed by atoms with van der Waals surface area (Å²) in [6.45, 7) is 4.58. The third kappa shape index (κ3) is 4.91. The van der Waals surface area contributed by atoms with Crippen molar-refractivity contribution in [2.24, 2.45) is 0 Å². The van der Waals surface area contributed by atoms with Crippen LogP contribution in [0.25, 0.3) is 0 Å². The van der Waals surface area contributed by atoms with E-state index in [9.17, 15) is 0 Å². The Hall–Kier alpha value is -3.06. The number of aromatic nitrogens is 2. The smallest absolute Gasteiger partial charge is 0.240 e. The molecule has 30 heavy (non-hydrogen) atoms. The van der Waals surface area contributed by atoms with Gasteiger partial charge in [0.2, 0.25) is 11.7 Å². The van der Waals surface area contributed by atoms with E-state index in [1.165, 1.54) is 5.56 Å². The molecule has 7 heteroatoms. The van der Waals surface area contributed by atoms with Crippen LogP contribution in [0.3, 0.4) is 0 Å². The average molecular weight is 409 g/mol. The van der Waals surface area contributed by atoms with Gasteiger partial charge in [0.25, 0.3) is 0 Å². The lowest BCUT2D eigenvalue weighted by Gasteiger charge is -2.23. The second kappa shape index (κ2) is 9.63. The lowest BCUT2D eigenvalue weighted by atomic mass is 10.0. The van der Waals surface area contributed by atoms with Gasteiger partial charge in [-0.1, -0.05) is 17.3 Å². The van der Waals surface area contributed by atoms with Crippen LogP contribution in [0.4, 0.5) is 0 Å². The molecule has 1 atom stereocenters. The number of methoxy groups -OCH3 is 1. The zero-order chi connectivity index (χ0) is 20.8. The minimum absolute atomic E-state index is 0.262. The number of likely N-dealkylation sites (tertiary alicyclic amines) is 1. The molecule has 0 spiro atoms. The van der Waals surface area contributed by atoms with Crippen molar-refractivity contribution < 1.29 is 18.7 Å². The summed E-state index contributed by atoms with van der Waals surface area (Å²) in [6.07, 6.45) is 2.27. The molecule has 0 N–H and O–H groups in total. The first-order valence-corrected chi connectivity index (χ1v) is 10.3. The summed E-state index contributed by atoms with van der Waals surface area (Å²) in [5, 5.41) is 4.06. The minimum atomic E-state index is 0.262. The predicted octanol–water partition coefficient (Wildman–Crippen LogP) is 4.39. The van der Waals surface area contributed by atoms with Crippen LogP contribution >= 0.6 is 0 Å². The van der Waals surface area contributed by atoms with E-state index in [-0.39, 0.29) is 6.61 Å². The SMILES string of the molecule is CCOc1ccc(C2CCCN2Cc2nc(COc3ccc(OC)cc3)no2)cc1. The summed E-state index contributed by atoms with van der Waals surface area (Å²) in [7, 11) is 1.64. The maximum Gasteiger partial charge on any atom is 0.240 e. The van der Waals surface area contributed by atoms with Crippen LogP contribution in [-0.4, -0.2) is 35.3 Å². The quantitative estimate of drug-likeness (QED) is 0.519. The predicted molar refractivity (Wildman–Crippen MR) is 112 cm³/mol. The van der Waals surface area contributed by atoms with Crippen LogP contribution in [0.2, 0.25) is 0 Å². The number of rotatable bonds is 9. The summed E-state index contributed by atoms with van der Waals surface area (Å²) in [5.41, 5.74) is 1.29. The van der Waals surface area contributed by atoms with Gasteiger partial charge in [-0.05, 0) is 68.3 Å². The number of nitrogens with zero attached hydrogens (tertiary/aromatic N) is 3. The highest BCUT2D eigenvalue weighted by atomic mass is 16.5. The highest BCUT2D eigenvalue weighted by Gasteiger charge is 2.27. The second-order valence-corrected chi connectivity index (χ2v) is 7.20. The number of hydrogen-bond acceptors (Lipinski definition) is 7. The van der Waals surface area contributed by atoms with Gasteiger partial charge in [0.05, 0.1) is 20.3 Å². The van der Waals surface area contributed by atoms with Crippen molar-refractivity contribution in [3.05, 3.63) is 65.8 Å². The topological polar surface area (TPSA) is 69.9 Å². The summed E-state index contributed by atoms with van der Waals surface area (Å²) in [5.74, 6) is 3.58. The van der Waals surface area contributed by atoms with E-state index >= 15 is 0 Å². The molecule has 0 bridgehead atoms. The molecule has 2 aromatic carbocycles. The Balaban J connectivity index is 1.34. The molecule has 0 amide bonds. The summed E-state index contributed by atoms with van der Waals surface area (Å²) in [4.78, 5) is 6.89. The number of benzene rings is 2. The Morgan fingerprint density at radius 3 is 2.43 bits per heavy atom. The van der Waals surface area contributed by atoms with E-state index in [4.69, 9.17) is 18.7 Å². The van der Waals surface area contributed by atoms with Gasteiger partial charge in [-0.25, -0.2) is 0 Å². The van der Waals surface area contributed by atoms with Gasteiger partial charge in [0.15, 0.2) is 6.61 Å². The van der Waals surface area contributed by atoms with Crippen molar-refractivity contribution in [2.45, 2.75) is 39.0 Å². The summed E-state index contributed by atoms with van der Waals surface area (Å²) >= 11 is 0. The highest BCUT2D eigenvalue weighted by Crippen LogP contribution is 2.33.